The Balaban J connectivity index is 1.23. The zero-order valence-corrected chi connectivity index (χ0v) is 17.3. The van der Waals surface area contributed by atoms with Crippen molar-refractivity contribution >= 4 is 11.8 Å². The molecule has 1 aromatic heterocycles. The maximum Gasteiger partial charge on any atom is 0.253 e. The van der Waals surface area contributed by atoms with Gasteiger partial charge in [0.2, 0.25) is 0 Å². The molecule has 0 atom stereocenters. The lowest BCUT2D eigenvalue weighted by atomic mass is 9.97. The molecule has 0 N–H and O–H groups in total. The maximum absolute atomic E-state index is 12.6. The number of ether oxygens (including phenoxy) is 1. The lowest BCUT2D eigenvalue weighted by Gasteiger charge is -2.32. The number of amides is 2. The SMILES string of the molecule is O=C(c1ccc(OCC2CCN(C(=O)c3ccncc3)CC2)cc1)N1CCCCC1. The fourth-order valence-electron chi connectivity index (χ4n) is 4.17. The molecule has 2 saturated heterocycles. The summed E-state index contributed by atoms with van der Waals surface area (Å²) in [5.41, 5.74) is 1.42. The molecule has 2 aliphatic rings. The van der Waals surface area contributed by atoms with Crippen molar-refractivity contribution in [2.75, 3.05) is 32.8 Å². The van der Waals surface area contributed by atoms with Crippen molar-refractivity contribution in [1.29, 1.82) is 0 Å². The molecule has 0 spiro atoms. The zero-order valence-electron chi connectivity index (χ0n) is 17.3. The highest BCUT2D eigenvalue weighted by molar-refractivity contribution is 5.94. The van der Waals surface area contributed by atoms with E-state index in [4.69, 9.17) is 4.74 Å². The largest absolute Gasteiger partial charge is 0.493 e. The summed E-state index contributed by atoms with van der Waals surface area (Å²) in [5.74, 6) is 1.42. The Labute approximate surface area is 177 Å². The van der Waals surface area contributed by atoms with Gasteiger partial charge in [-0.15, -0.1) is 0 Å². The van der Waals surface area contributed by atoms with E-state index in [0.29, 0.717) is 18.1 Å². The van der Waals surface area contributed by atoms with E-state index in [1.807, 2.05) is 34.1 Å². The van der Waals surface area contributed by atoms with Gasteiger partial charge in [0.1, 0.15) is 5.75 Å². The van der Waals surface area contributed by atoms with Crippen molar-refractivity contribution in [3.05, 3.63) is 59.9 Å². The Hall–Kier alpha value is -2.89. The second kappa shape index (κ2) is 9.74. The molecule has 2 fully saturated rings. The summed E-state index contributed by atoms with van der Waals surface area (Å²) >= 11 is 0. The normalized spacial score (nSPS) is 17.6. The van der Waals surface area contributed by atoms with E-state index in [1.165, 1.54) is 6.42 Å². The number of benzene rings is 1. The zero-order chi connectivity index (χ0) is 20.8. The van der Waals surface area contributed by atoms with Crippen LogP contribution < -0.4 is 4.74 Å². The monoisotopic (exact) mass is 407 g/mol. The number of likely N-dealkylation sites (tertiary alicyclic amines) is 2. The summed E-state index contributed by atoms with van der Waals surface area (Å²) in [6, 6.07) is 11.0. The Bertz CT molecular complexity index is 840. The van der Waals surface area contributed by atoms with Crippen LogP contribution in [0.1, 0.15) is 52.8 Å². The van der Waals surface area contributed by atoms with E-state index in [2.05, 4.69) is 4.98 Å². The van der Waals surface area contributed by atoms with Crippen molar-refractivity contribution < 1.29 is 14.3 Å². The van der Waals surface area contributed by atoms with Crippen LogP contribution in [0.25, 0.3) is 0 Å². The average molecular weight is 408 g/mol. The van der Waals surface area contributed by atoms with Gasteiger partial charge in [-0.2, -0.15) is 0 Å². The number of piperidine rings is 2. The molecule has 0 saturated carbocycles. The molecule has 0 unspecified atom stereocenters. The van der Waals surface area contributed by atoms with Gasteiger partial charge in [0.25, 0.3) is 11.8 Å². The number of aromatic nitrogens is 1. The molecule has 158 valence electrons. The Morgan fingerprint density at radius 3 is 2.00 bits per heavy atom. The van der Waals surface area contributed by atoms with Gasteiger partial charge in [0.15, 0.2) is 0 Å². The Morgan fingerprint density at radius 1 is 0.800 bits per heavy atom. The van der Waals surface area contributed by atoms with Crippen LogP contribution in [0.4, 0.5) is 0 Å². The standard InChI is InChI=1S/C24H29N3O3/c28-23(26-14-2-1-3-15-26)20-4-6-22(7-5-20)30-18-19-10-16-27(17-11-19)24(29)21-8-12-25-13-9-21/h4-9,12-13,19H,1-3,10-11,14-18H2. The Kier molecular flexibility index (Phi) is 6.62. The van der Waals surface area contributed by atoms with Crippen LogP contribution in [0.15, 0.2) is 48.8 Å². The van der Waals surface area contributed by atoms with Crippen LogP contribution in [-0.4, -0.2) is 59.4 Å². The number of pyridine rings is 1. The average Bonchev–Trinajstić information content (AvgIpc) is 2.83. The van der Waals surface area contributed by atoms with Crippen molar-refractivity contribution in [2.45, 2.75) is 32.1 Å². The quantitative estimate of drug-likeness (QED) is 0.759. The third-order valence-electron chi connectivity index (χ3n) is 6.06. The lowest BCUT2D eigenvalue weighted by molar-refractivity contribution is 0.0659. The van der Waals surface area contributed by atoms with Crippen molar-refractivity contribution in [2.24, 2.45) is 5.92 Å². The van der Waals surface area contributed by atoms with Gasteiger partial charge in [-0.3, -0.25) is 14.6 Å². The number of nitrogens with zero attached hydrogens (tertiary/aromatic N) is 3. The minimum absolute atomic E-state index is 0.0747. The first kappa shape index (κ1) is 20.4. The van der Waals surface area contributed by atoms with E-state index in [1.54, 1.807) is 24.5 Å². The fourth-order valence-corrected chi connectivity index (χ4v) is 4.17. The number of hydrogen-bond acceptors (Lipinski definition) is 4. The highest BCUT2D eigenvalue weighted by atomic mass is 16.5. The van der Waals surface area contributed by atoms with Gasteiger partial charge in [-0.25, -0.2) is 0 Å². The minimum atomic E-state index is 0.0747. The first-order chi connectivity index (χ1) is 14.7. The number of rotatable bonds is 5. The van der Waals surface area contributed by atoms with Gasteiger partial charge in [0, 0.05) is 49.7 Å². The predicted octanol–water partition coefficient (Wildman–Crippen LogP) is 3.64. The summed E-state index contributed by atoms with van der Waals surface area (Å²) in [6.07, 6.45) is 8.58. The smallest absolute Gasteiger partial charge is 0.253 e. The molecule has 2 aromatic rings. The van der Waals surface area contributed by atoms with Gasteiger partial charge in [-0.05, 0) is 74.4 Å². The minimum Gasteiger partial charge on any atom is -0.493 e. The molecular formula is C24H29N3O3. The van der Waals surface area contributed by atoms with Crippen LogP contribution in [0.2, 0.25) is 0 Å². The van der Waals surface area contributed by atoms with Gasteiger partial charge >= 0.3 is 0 Å². The predicted molar refractivity (Wildman–Crippen MR) is 115 cm³/mol. The summed E-state index contributed by atoms with van der Waals surface area (Å²) in [7, 11) is 0. The first-order valence-electron chi connectivity index (χ1n) is 10.9. The third-order valence-corrected chi connectivity index (χ3v) is 6.06. The van der Waals surface area contributed by atoms with E-state index < -0.39 is 0 Å². The molecule has 1 aromatic carbocycles. The van der Waals surface area contributed by atoms with E-state index in [-0.39, 0.29) is 11.8 Å². The third kappa shape index (κ3) is 4.99. The lowest BCUT2D eigenvalue weighted by Crippen LogP contribution is -2.39. The number of hydrogen-bond donors (Lipinski definition) is 0. The molecule has 2 aliphatic heterocycles. The molecule has 6 heteroatoms. The van der Waals surface area contributed by atoms with Crippen LogP contribution in [0.3, 0.4) is 0 Å². The summed E-state index contributed by atoms with van der Waals surface area (Å²) in [4.78, 5) is 32.9. The number of carbonyl (C=O) groups is 2. The van der Waals surface area contributed by atoms with Crippen molar-refractivity contribution in [1.82, 2.24) is 14.8 Å². The summed E-state index contributed by atoms with van der Waals surface area (Å²) < 4.78 is 5.97. The van der Waals surface area contributed by atoms with Gasteiger partial charge < -0.3 is 14.5 Å². The van der Waals surface area contributed by atoms with Crippen LogP contribution in [0.5, 0.6) is 5.75 Å². The first-order valence-corrected chi connectivity index (χ1v) is 10.9. The molecule has 0 bridgehead atoms. The van der Waals surface area contributed by atoms with E-state index >= 15 is 0 Å². The summed E-state index contributed by atoms with van der Waals surface area (Å²) in [6.45, 7) is 3.85. The molecule has 0 radical (unpaired) electrons. The topological polar surface area (TPSA) is 62.7 Å². The maximum atomic E-state index is 12.6. The fraction of sp³-hybridized carbons (Fsp3) is 0.458. The molecule has 3 heterocycles. The molecule has 0 aliphatic carbocycles. The second-order valence-electron chi connectivity index (χ2n) is 8.16. The van der Waals surface area contributed by atoms with Crippen LogP contribution in [0, 0.1) is 5.92 Å². The van der Waals surface area contributed by atoms with Crippen molar-refractivity contribution in [3.8, 4) is 5.75 Å². The van der Waals surface area contributed by atoms with Gasteiger partial charge in [-0.1, -0.05) is 0 Å². The number of carbonyl (C=O) groups excluding carboxylic acids is 2. The van der Waals surface area contributed by atoms with E-state index in [0.717, 1.165) is 63.2 Å². The summed E-state index contributed by atoms with van der Waals surface area (Å²) in [5, 5.41) is 0. The highest BCUT2D eigenvalue weighted by Gasteiger charge is 2.24. The van der Waals surface area contributed by atoms with Crippen LogP contribution >= 0.6 is 0 Å². The molecule has 4 rings (SSSR count). The highest BCUT2D eigenvalue weighted by Crippen LogP contribution is 2.22. The van der Waals surface area contributed by atoms with E-state index in [9.17, 15) is 9.59 Å². The second-order valence-corrected chi connectivity index (χ2v) is 8.16. The molecule has 30 heavy (non-hydrogen) atoms. The van der Waals surface area contributed by atoms with Gasteiger partial charge in [0.05, 0.1) is 6.61 Å². The van der Waals surface area contributed by atoms with Crippen molar-refractivity contribution in [3.63, 3.8) is 0 Å². The van der Waals surface area contributed by atoms with Crippen LogP contribution in [-0.2, 0) is 0 Å². The molecule has 6 nitrogen and oxygen atoms in total. The molecule has 2 amide bonds. The molecular weight excluding hydrogens is 378 g/mol. The Morgan fingerprint density at radius 2 is 1.37 bits per heavy atom.